The van der Waals surface area contributed by atoms with Crippen LogP contribution in [0.5, 0.6) is 11.5 Å². The summed E-state index contributed by atoms with van der Waals surface area (Å²) in [6.45, 7) is 6.50. The molecule has 4 rings (SSSR count). The second-order valence-corrected chi connectivity index (χ2v) is 9.84. The number of hydrogen-bond donors (Lipinski definition) is 0. The molecule has 190 valence electrons. The highest BCUT2D eigenvalue weighted by Gasteiger charge is 2.34. The Morgan fingerprint density at radius 3 is 2.41 bits per heavy atom. The number of hydrogen-bond acceptors (Lipinski definition) is 6. The molecule has 6 nitrogen and oxygen atoms in total. The van der Waals surface area contributed by atoms with Crippen molar-refractivity contribution in [3.63, 3.8) is 0 Å². The molecule has 0 aromatic heterocycles. The van der Waals surface area contributed by atoms with Gasteiger partial charge in [0.25, 0.3) is 11.1 Å². The number of benzene rings is 3. The van der Waals surface area contributed by atoms with E-state index in [1.807, 2.05) is 25.1 Å². The lowest BCUT2D eigenvalue weighted by Crippen LogP contribution is -2.32. The number of esters is 1. The van der Waals surface area contributed by atoms with E-state index in [2.05, 4.69) is 13.8 Å². The predicted molar refractivity (Wildman–Crippen MR) is 141 cm³/mol. The van der Waals surface area contributed by atoms with Gasteiger partial charge in [-0.2, -0.15) is 0 Å². The van der Waals surface area contributed by atoms with E-state index in [1.54, 1.807) is 30.3 Å². The molecule has 0 bridgehead atoms. The number of nitrogens with zero attached hydrogens (tertiary/aromatic N) is 1. The third kappa shape index (κ3) is 6.46. The number of thioether (sulfide) groups is 1. The fraction of sp³-hybridized carbons (Fsp3) is 0.207. The van der Waals surface area contributed by atoms with Crippen molar-refractivity contribution in [3.05, 3.63) is 99.7 Å². The van der Waals surface area contributed by atoms with Gasteiger partial charge in [0.2, 0.25) is 0 Å². The van der Waals surface area contributed by atoms with Crippen LogP contribution in [0, 0.1) is 12.7 Å². The van der Waals surface area contributed by atoms with Gasteiger partial charge in [0.05, 0.1) is 17.0 Å². The SMILES string of the molecule is Cc1ccc(C(C)C)c(OCCN2C(=O)S/C(=C\c3ccc(OC(=O)c4ccc(F)cc4)cc3)C2=O)c1. The van der Waals surface area contributed by atoms with Gasteiger partial charge in [0, 0.05) is 0 Å². The third-order valence-electron chi connectivity index (χ3n) is 5.71. The van der Waals surface area contributed by atoms with Crippen molar-refractivity contribution < 1.29 is 28.2 Å². The third-order valence-corrected chi connectivity index (χ3v) is 6.61. The maximum Gasteiger partial charge on any atom is 0.343 e. The molecule has 2 amide bonds. The molecule has 8 heteroatoms. The molecule has 3 aromatic carbocycles. The lowest BCUT2D eigenvalue weighted by Gasteiger charge is -2.17. The number of aryl methyl sites for hydroxylation is 1. The lowest BCUT2D eigenvalue weighted by molar-refractivity contribution is -0.123. The second-order valence-electron chi connectivity index (χ2n) is 8.84. The number of amides is 2. The number of halogens is 1. The van der Waals surface area contributed by atoms with Gasteiger partial charge in [-0.3, -0.25) is 14.5 Å². The van der Waals surface area contributed by atoms with Crippen LogP contribution in [-0.4, -0.2) is 35.2 Å². The van der Waals surface area contributed by atoms with Crippen molar-refractivity contribution >= 4 is 35.0 Å². The minimum absolute atomic E-state index is 0.145. The maximum absolute atomic E-state index is 13.0. The summed E-state index contributed by atoms with van der Waals surface area (Å²) in [6.07, 6.45) is 1.62. The highest BCUT2D eigenvalue weighted by atomic mass is 32.2. The van der Waals surface area contributed by atoms with Gasteiger partial charge in [-0.25, -0.2) is 9.18 Å². The van der Waals surface area contributed by atoms with Crippen LogP contribution in [-0.2, 0) is 4.79 Å². The quantitative estimate of drug-likeness (QED) is 0.190. The molecular formula is C29H26FNO5S. The highest BCUT2D eigenvalue weighted by molar-refractivity contribution is 8.18. The van der Waals surface area contributed by atoms with Crippen LogP contribution in [0.25, 0.3) is 6.08 Å². The van der Waals surface area contributed by atoms with Gasteiger partial charge in [0.15, 0.2) is 0 Å². The summed E-state index contributed by atoms with van der Waals surface area (Å²) in [6, 6.07) is 17.6. The molecule has 0 saturated carbocycles. The predicted octanol–water partition coefficient (Wildman–Crippen LogP) is 6.59. The normalized spacial score (nSPS) is 14.5. The van der Waals surface area contributed by atoms with Gasteiger partial charge in [0.1, 0.15) is 23.9 Å². The van der Waals surface area contributed by atoms with Crippen molar-refractivity contribution in [2.75, 3.05) is 13.2 Å². The molecule has 1 saturated heterocycles. The largest absolute Gasteiger partial charge is 0.491 e. The molecule has 37 heavy (non-hydrogen) atoms. The zero-order valence-corrected chi connectivity index (χ0v) is 21.5. The summed E-state index contributed by atoms with van der Waals surface area (Å²) in [7, 11) is 0. The van der Waals surface area contributed by atoms with Crippen molar-refractivity contribution in [2.24, 2.45) is 0 Å². The molecule has 3 aromatic rings. The van der Waals surface area contributed by atoms with Gasteiger partial charge in [-0.05, 0) is 89.8 Å². The summed E-state index contributed by atoms with van der Waals surface area (Å²) in [4.78, 5) is 39.0. The van der Waals surface area contributed by atoms with E-state index in [0.29, 0.717) is 16.2 Å². The molecule has 0 radical (unpaired) electrons. The topological polar surface area (TPSA) is 72.9 Å². The molecule has 1 aliphatic heterocycles. The fourth-order valence-electron chi connectivity index (χ4n) is 3.72. The Kier molecular flexibility index (Phi) is 8.08. The minimum atomic E-state index is -0.609. The zero-order chi connectivity index (χ0) is 26.5. The first-order valence-electron chi connectivity index (χ1n) is 11.8. The van der Waals surface area contributed by atoms with Gasteiger partial charge < -0.3 is 9.47 Å². The standard InChI is InChI=1S/C29H26FNO5S/c1-18(2)24-13-4-19(3)16-25(24)35-15-14-31-27(32)26(37-29(31)34)17-20-5-11-23(12-6-20)36-28(33)21-7-9-22(30)10-8-21/h4-13,16-18H,14-15H2,1-3H3/b26-17-. The van der Waals surface area contributed by atoms with E-state index in [9.17, 15) is 18.8 Å². The van der Waals surface area contributed by atoms with Crippen LogP contribution in [0.3, 0.4) is 0 Å². The molecular weight excluding hydrogens is 493 g/mol. The first-order chi connectivity index (χ1) is 17.7. The van der Waals surface area contributed by atoms with E-state index in [0.717, 1.165) is 28.6 Å². The average Bonchev–Trinajstić information content (AvgIpc) is 3.12. The number of carbonyl (C=O) groups is 3. The van der Waals surface area contributed by atoms with Crippen LogP contribution >= 0.6 is 11.8 Å². The fourth-order valence-corrected chi connectivity index (χ4v) is 4.58. The zero-order valence-electron chi connectivity index (χ0n) is 20.7. The molecule has 0 atom stereocenters. The van der Waals surface area contributed by atoms with Crippen LogP contribution < -0.4 is 9.47 Å². The number of carbonyl (C=O) groups excluding carboxylic acids is 3. The molecule has 0 N–H and O–H groups in total. The Hall–Kier alpha value is -3.91. The Labute approximate surface area is 219 Å². The first-order valence-corrected chi connectivity index (χ1v) is 12.6. The number of imide groups is 1. The summed E-state index contributed by atoms with van der Waals surface area (Å²) < 4.78 is 24.3. The second kappa shape index (κ2) is 11.4. The van der Waals surface area contributed by atoms with Crippen LogP contribution in [0.2, 0.25) is 0 Å². The van der Waals surface area contributed by atoms with E-state index in [-0.39, 0.29) is 35.8 Å². The van der Waals surface area contributed by atoms with Gasteiger partial charge >= 0.3 is 5.97 Å². The summed E-state index contributed by atoms with van der Waals surface area (Å²) in [5, 5.41) is -0.349. The van der Waals surface area contributed by atoms with Crippen molar-refractivity contribution in [2.45, 2.75) is 26.7 Å². The number of rotatable bonds is 8. The Morgan fingerprint density at radius 1 is 1.03 bits per heavy atom. The van der Waals surface area contributed by atoms with E-state index in [1.165, 1.54) is 29.2 Å². The molecule has 0 unspecified atom stereocenters. The van der Waals surface area contributed by atoms with E-state index < -0.39 is 11.8 Å². The molecule has 1 heterocycles. The Bertz CT molecular complexity index is 1350. The smallest absolute Gasteiger partial charge is 0.343 e. The molecule has 1 fully saturated rings. The minimum Gasteiger partial charge on any atom is -0.491 e. The maximum atomic E-state index is 13.0. The van der Waals surface area contributed by atoms with E-state index in [4.69, 9.17) is 9.47 Å². The Morgan fingerprint density at radius 2 is 1.73 bits per heavy atom. The van der Waals surface area contributed by atoms with E-state index >= 15 is 0 Å². The van der Waals surface area contributed by atoms with Crippen LogP contribution in [0.15, 0.2) is 71.6 Å². The molecule has 1 aliphatic rings. The van der Waals surface area contributed by atoms with Gasteiger partial charge in [-0.15, -0.1) is 0 Å². The highest BCUT2D eigenvalue weighted by Crippen LogP contribution is 2.33. The molecule has 0 aliphatic carbocycles. The lowest BCUT2D eigenvalue weighted by atomic mass is 10.0. The summed E-state index contributed by atoms with van der Waals surface area (Å²) in [5.74, 6) is -0.0784. The monoisotopic (exact) mass is 519 g/mol. The van der Waals surface area contributed by atoms with Crippen molar-refractivity contribution in [1.82, 2.24) is 4.90 Å². The Balaban J connectivity index is 1.36. The number of ether oxygens (including phenoxy) is 2. The van der Waals surface area contributed by atoms with Crippen molar-refractivity contribution in [1.29, 1.82) is 0 Å². The van der Waals surface area contributed by atoms with Crippen LogP contribution in [0.4, 0.5) is 9.18 Å². The summed E-state index contributed by atoms with van der Waals surface area (Å²) in [5.41, 5.74) is 3.05. The average molecular weight is 520 g/mol. The van der Waals surface area contributed by atoms with Crippen LogP contribution in [0.1, 0.15) is 46.8 Å². The van der Waals surface area contributed by atoms with Crippen molar-refractivity contribution in [3.8, 4) is 11.5 Å². The summed E-state index contributed by atoms with van der Waals surface area (Å²) >= 11 is 0.874. The molecule has 0 spiro atoms. The first kappa shape index (κ1) is 26.2. The van der Waals surface area contributed by atoms with Gasteiger partial charge in [-0.1, -0.05) is 38.1 Å².